The Morgan fingerprint density at radius 2 is 1.30 bits per heavy atom. The number of halogens is 3. The number of rotatable bonds is 13. The van der Waals surface area contributed by atoms with Gasteiger partial charge in [-0.05, 0) is 25.0 Å². The van der Waals surface area contributed by atoms with Crippen molar-refractivity contribution in [1.29, 1.82) is 0 Å². The van der Waals surface area contributed by atoms with Gasteiger partial charge in [0.1, 0.15) is 13.2 Å². The van der Waals surface area contributed by atoms with Gasteiger partial charge in [0.15, 0.2) is 18.5 Å². The predicted octanol–water partition coefficient (Wildman–Crippen LogP) is 3.70. The minimum Gasteiger partial charge on any atom is -0.300 e. The number of carbonyl (C=O) groups excluding carboxylic acids is 1. The van der Waals surface area contributed by atoms with Crippen LogP contribution in [0, 0.1) is 13.8 Å². The molecule has 0 saturated carbocycles. The van der Waals surface area contributed by atoms with Crippen molar-refractivity contribution in [3.8, 4) is 0 Å². The molecule has 2 aromatic carbocycles. The van der Waals surface area contributed by atoms with Gasteiger partial charge in [0.2, 0.25) is 0 Å². The van der Waals surface area contributed by atoms with Crippen molar-refractivity contribution in [3.05, 3.63) is 70.8 Å². The summed E-state index contributed by atoms with van der Waals surface area (Å²) in [5, 5.41) is 0. The molecule has 0 fully saturated rings. The third-order valence-corrected chi connectivity index (χ3v) is 5.25. The number of aldehydes is 1. The number of benzene rings is 2. The standard InChI is InChI=1S/C21H23F3O8S/c1-15-3-7-17(8-4-15)12-28-31-19(11-25)20(14-30-33(26,27)21(22,23)24)32-29-13-18-9-5-16(2)6-10-18/h3-11,19-20H,12-14H2,1-2H3/t19-,20-/m0/s1. The Kier molecular flexibility index (Phi) is 9.95. The zero-order chi connectivity index (χ0) is 24.5. The molecule has 182 valence electrons. The second-order valence-corrected chi connectivity index (χ2v) is 8.62. The lowest BCUT2D eigenvalue weighted by Gasteiger charge is -2.21. The Balaban J connectivity index is 2.01. The van der Waals surface area contributed by atoms with Gasteiger partial charge in [-0.3, -0.25) is 4.18 Å². The van der Waals surface area contributed by atoms with E-state index in [1.807, 2.05) is 26.0 Å². The molecule has 0 radical (unpaired) electrons. The molecule has 0 bridgehead atoms. The number of aryl methyl sites for hydroxylation is 2. The minimum absolute atomic E-state index is 0.0940. The molecular formula is C21H23F3O8S. The largest absolute Gasteiger partial charge is 0.523 e. The zero-order valence-corrected chi connectivity index (χ0v) is 18.6. The van der Waals surface area contributed by atoms with Crippen molar-refractivity contribution in [2.75, 3.05) is 6.61 Å². The molecule has 2 atom stereocenters. The Labute approximate surface area is 189 Å². The average molecular weight is 492 g/mol. The lowest BCUT2D eigenvalue weighted by molar-refractivity contribution is -0.390. The van der Waals surface area contributed by atoms with E-state index in [1.165, 1.54) is 0 Å². The summed E-state index contributed by atoms with van der Waals surface area (Å²) in [7, 11) is -5.93. The van der Waals surface area contributed by atoms with Crippen LogP contribution in [0.25, 0.3) is 0 Å². The normalized spacial score (nSPS) is 14.1. The molecule has 0 aliphatic rings. The molecule has 0 heterocycles. The van der Waals surface area contributed by atoms with Gasteiger partial charge in [-0.2, -0.15) is 21.6 Å². The van der Waals surface area contributed by atoms with E-state index in [2.05, 4.69) is 4.18 Å². The lowest BCUT2D eigenvalue weighted by Crippen LogP contribution is -2.39. The van der Waals surface area contributed by atoms with Crippen molar-refractivity contribution in [1.82, 2.24) is 0 Å². The highest BCUT2D eigenvalue weighted by atomic mass is 32.2. The smallest absolute Gasteiger partial charge is 0.300 e. The molecule has 0 aromatic heterocycles. The highest BCUT2D eigenvalue weighted by Crippen LogP contribution is 2.25. The van der Waals surface area contributed by atoms with E-state index in [-0.39, 0.29) is 19.5 Å². The SMILES string of the molecule is Cc1ccc(COO[C@@H](C=O)[C@H](COS(=O)(=O)C(F)(F)F)OOCc2ccc(C)cc2)cc1. The third-order valence-electron chi connectivity index (χ3n) is 4.23. The van der Waals surface area contributed by atoms with Gasteiger partial charge in [-0.1, -0.05) is 59.7 Å². The van der Waals surface area contributed by atoms with E-state index < -0.39 is 34.4 Å². The van der Waals surface area contributed by atoms with Crippen LogP contribution in [0.15, 0.2) is 48.5 Å². The highest BCUT2D eigenvalue weighted by molar-refractivity contribution is 7.87. The van der Waals surface area contributed by atoms with E-state index >= 15 is 0 Å². The van der Waals surface area contributed by atoms with Crippen LogP contribution in [0.3, 0.4) is 0 Å². The van der Waals surface area contributed by atoms with Gasteiger partial charge >= 0.3 is 15.6 Å². The summed E-state index contributed by atoms with van der Waals surface area (Å²) in [6.45, 7) is 2.31. The van der Waals surface area contributed by atoms with Crippen LogP contribution in [0.5, 0.6) is 0 Å². The first-order chi connectivity index (χ1) is 15.5. The van der Waals surface area contributed by atoms with Gasteiger partial charge in [-0.25, -0.2) is 19.6 Å². The first-order valence-corrected chi connectivity index (χ1v) is 11.0. The summed E-state index contributed by atoms with van der Waals surface area (Å²) < 4.78 is 64.2. The van der Waals surface area contributed by atoms with Gasteiger partial charge in [0, 0.05) is 0 Å². The summed E-state index contributed by atoms with van der Waals surface area (Å²) in [6.07, 6.45) is -3.18. The molecule has 0 aliphatic heterocycles. The minimum atomic E-state index is -5.93. The first kappa shape index (κ1) is 26.9. The molecule has 2 aromatic rings. The van der Waals surface area contributed by atoms with Crippen molar-refractivity contribution < 1.29 is 50.1 Å². The van der Waals surface area contributed by atoms with Crippen LogP contribution in [-0.2, 0) is 51.9 Å². The zero-order valence-electron chi connectivity index (χ0n) is 17.8. The average Bonchev–Trinajstić information content (AvgIpc) is 2.76. The number of hydrogen-bond donors (Lipinski definition) is 0. The molecule has 12 heteroatoms. The summed E-state index contributed by atoms with van der Waals surface area (Å²) in [5.41, 5.74) is -2.31. The number of alkyl halides is 3. The van der Waals surface area contributed by atoms with E-state index in [9.17, 15) is 26.4 Å². The van der Waals surface area contributed by atoms with Gasteiger partial charge in [0.05, 0.1) is 6.61 Å². The van der Waals surface area contributed by atoms with Crippen LogP contribution in [0.4, 0.5) is 13.2 Å². The quantitative estimate of drug-likeness (QED) is 0.137. The molecule has 0 saturated heterocycles. The van der Waals surface area contributed by atoms with Crippen molar-refractivity contribution in [2.45, 2.75) is 44.8 Å². The fraction of sp³-hybridized carbons (Fsp3) is 0.381. The summed E-state index contributed by atoms with van der Waals surface area (Å²) >= 11 is 0. The van der Waals surface area contributed by atoms with Gasteiger partial charge < -0.3 is 4.79 Å². The monoisotopic (exact) mass is 492 g/mol. The first-order valence-electron chi connectivity index (χ1n) is 9.60. The molecule has 0 unspecified atom stereocenters. The third kappa shape index (κ3) is 8.84. The molecule has 8 nitrogen and oxygen atoms in total. The maximum absolute atomic E-state index is 12.6. The van der Waals surface area contributed by atoms with E-state index in [0.717, 1.165) is 11.1 Å². The van der Waals surface area contributed by atoms with E-state index in [1.54, 1.807) is 36.4 Å². The molecule has 33 heavy (non-hydrogen) atoms. The van der Waals surface area contributed by atoms with Crippen LogP contribution in [0.1, 0.15) is 22.3 Å². The Hall–Kier alpha value is -2.35. The number of carbonyl (C=O) groups is 1. The fourth-order valence-corrected chi connectivity index (χ4v) is 2.76. The topological polar surface area (TPSA) is 97.4 Å². The van der Waals surface area contributed by atoms with E-state index in [0.29, 0.717) is 11.1 Å². The fourth-order valence-electron chi connectivity index (χ4n) is 2.31. The summed E-state index contributed by atoms with van der Waals surface area (Å²) in [6, 6.07) is 14.1. The maximum Gasteiger partial charge on any atom is 0.523 e. The molecule has 0 spiro atoms. The number of hydrogen-bond acceptors (Lipinski definition) is 8. The molecular weight excluding hydrogens is 469 g/mol. The summed E-state index contributed by atoms with van der Waals surface area (Å²) in [4.78, 5) is 31.3. The van der Waals surface area contributed by atoms with Gasteiger partial charge in [-0.15, -0.1) is 0 Å². The van der Waals surface area contributed by atoms with Crippen molar-refractivity contribution >= 4 is 16.4 Å². The van der Waals surface area contributed by atoms with Crippen molar-refractivity contribution in [2.24, 2.45) is 0 Å². The van der Waals surface area contributed by atoms with Crippen LogP contribution < -0.4 is 0 Å². The Morgan fingerprint density at radius 1 is 0.848 bits per heavy atom. The second kappa shape index (κ2) is 12.2. The van der Waals surface area contributed by atoms with E-state index in [4.69, 9.17) is 19.6 Å². The molecule has 2 rings (SSSR count). The highest BCUT2D eigenvalue weighted by Gasteiger charge is 2.48. The molecule has 0 aliphatic carbocycles. The Morgan fingerprint density at radius 3 is 1.73 bits per heavy atom. The van der Waals surface area contributed by atoms with Crippen LogP contribution in [0.2, 0.25) is 0 Å². The maximum atomic E-state index is 12.6. The molecule has 0 amide bonds. The van der Waals surface area contributed by atoms with Crippen LogP contribution >= 0.6 is 0 Å². The van der Waals surface area contributed by atoms with Gasteiger partial charge in [0.25, 0.3) is 0 Å². The Bertz CT molecular complexity index is 976. The predicted molar refractivity (Wildman–Crippen MR) is 109 cm³/mol. The van der Waals surface area contributed by atoms with Crippen molar-refractivity contribution in [3.63, 3.8) is 0 Å². The van der Waals surface area contributed by atoms with Crippen LogP contribution in [-0.4, -0.2) is 39.0 Å². The molecule has 0 N–H and O–H groups in total. The summed E-state index contributed by atoms with van der Waals surface area (Å²) in [5.74, 6) is 0. The second-order valence-electron chi connectivity index (χ2n) is 7.01. The lowest BCUT2D eigenvalue weighted by atomic mass is 10.2.